The number of benzene rings is 1. The van der Waals surface area contributed by atoms with Crippen LogP contribution >= 0.6 is 0 Å². The number of methoxy groups -OCH3 is 1. The molecule has 0 saturated carbocycles. The molecule has 0 atom stereocenters. The van der Waals surface area contributed by atoms with E-state index in [1.807, 2.05) is 4.72 Å². The van der Waals surface area contributed by atoms with Gasteiger partial charge in [0.05, 0.1) is 17.7 Å². The van der Waals surface area contributed by atoms with Crippen molar-refractivity contribution in [1.82, 2.24) is 10.0 Å². The molecule has 0 saturated heterocycles. The normalized spacial score (nSPS) is 11.8. The fourth-order valence-electron chi connectivity index (χ4n) is 1.43. The van der Waals surface area contributed by atoms with Crippen LogP contribution in [0.1, 0.15) is 20.8 Å². The largest absolute Gasteiger partial charge is 0.495 e. The van der Waals surface area contributed by atoms with Crippen LogP contribution in [0.5, 0.6) is 5.75 Å². The van der Waals surface area contributed by atoms with E-state index in [2.05, 4.69) is 5.32 Å². The van der Waals surface area contributed by atoms with E-state index in [-0.39, 0.29) is 10.6 Å². The molecule has 1 rings (SSSR count). The topological polar surface area (TPSA) is 111 Å². The third-order valence-electron chi connectivity index (χ3n) is 2.23. The van der Waals surface area contributed by atoms with Gasteiger partial charge in [0.15, 0.2) is 0 Å². The van der Waals surface area contributed by atoms with E-state index in [1.54, 1.807) is 20.8 Å². The maximum absolute atomic E-state index is 12.0. The van der Waals surface area contributed by atoms with Crippen LogP contribution in [0.3, 0.4) is 0 Å². The Morgan fingerprint density at radius 2 is 1.90 bits per heavy atom. The van der Waals surface area contributed by atoms with Gasteiger partial charge in [0.1, 0.15) is 5.75 Å². The summed E-state index contributed by atoms with van der Waals surface area (Å²) in [5.74, 6) is 0.364. The highest BCUT2D eigenvalue weighted by molar-refractivity contribution is 7.90. The average molecular weight is 301 g/mol. The molecule has 1 aromatic carbocycles. The Labute approximate surface area is 118 Å². The fourth-order valence-corrected chi connectivity index (χ4v) is 2.37. The lowest BCUT2D eigenvalue weighted by molar-refractivity contribution is 0.237. The summed E-state index contributed by atoms with van der Waals surface area (Å²) in [5.41, 5.74) is 5.27. The van der Waals surface area contributed by atoms with Crippen LogP contribution in [-0.2, 0) is 10.0 Å². The Hall–Kier alpha value is -1.96. The van der Waals surface area contributed by atoms with Crippen molar-refractivity contribution in [2.75, 3.05) is 12.8 Å². The third-order valence-corrected chi connectivity index (χ3v) is 3.56. The van der Waals surface area contributed by atoms with Gasteiger partial charge in [0, 0.05) is 5.54 Å². The fraction of sp³-hybridized carbons (Fsp3) is 0.417. The summed E-state index contributed by atoms with van der Waals surface area (Å²) in [6.07, 6.45) is 0. The number of carbonyl (C=O) groups excluding carboxylic acids is 1. The summed E-state index contributed by atoms with van der Waals surface area (Å²) in [6, 6.07) is 3.16. The molecule has 2 amide bonds. The molecule has 0 radical (unpaired) electrons. The first-order chi connectivity index (χ1) is 9.05. The summed E-state index contributed by atoms with van der Waals surface area (Å²) < 4.78 is 30.9. The maximum atomic E-state index is 12.0. The number of rotatable bonds is 3. The predicted molar refractivity (Wildman–Crippen MR) is 76.0 cm³/mol. The van der Waals surface area contributed by atoms with Gasteiger partial charge in [0.2, 0.25) is 0 Å². The Balaban J connectivity index is 2.95. The van der Waals surface area contributed by atoms with Gasteiger partial charge in [0.25, 0.3) is 10.0 Å². The van der Waals surface area contributed by atoms with Crippen molar-refractivity contribution in [1.29, 1.82) is 0 Å². The first kappa shape index (κ1) is 16.1. The summed E-state index contributed by atoms with van der Waals surface area (Å²) in [6.45, 7) is 5.22. The number of sulfonamides is 1. The first-order valence-corrected chi connectivity index (χ1v) is 7.32. The van der Waals surface area contributed by atoms with Gasteiger partial charge < -0.3 is 15.8 Å². The number of ether oxygens (including phenoxy) is 1. The zero-order valence-electron chi connectivity index (χ0n) is 11.9. The van der Waals surface area contributed by atoms with E-state index in [4.69, 9.17) is 10.5 Å². The van der Waals surface area contributed by atoms with Crippen LogP contribution in [-0.4, -0.2) is 27.1 Å². The maximum Gasteiger partial charge on any atom is 0.329 e. The molecule has 7 nitrogen and oxygen atoms in total. The molecule has 0 aromatic heterocycles. The molecule has 4 N–H and O–H groups in total. The summed E-state index contributed by atoms with van der Waals surface area (Å²) in [5, 5.41) is 2.50. The monoisotopic (exact) mass is 301 g/mol. The molecule has 0 aliphatic carbocycles. The number of nitrogens with one attached hydrogen (secondary N) is 2. The lowest BCUT2D eigenvalue weighted by Gasteiger charge is -2.20. The van der Waals surface area contributed by atoms with Gasteiger partial charge in [-0.2, -0.15) is 0 Å². The van der Waals surface area contributed by atoms with Crippen molar-refractivity contribution in [3.8, 4) is 5.75 Å². The molecule has 1 aromatic rings. The SMILES string of the molecule is COc1ccc(S(=O)(=O)NC(=O)NC(C)(C)C)cc1N. The van der Waals surface area contributed by atoms with Crippen LogP contribution in [0.4, 0.5) is 10.5 Å². The minimum absolute atomic E-state index is 0.111. The summed E-state index contributed by atoms with van der Waals surface area (Å²) in [4.78, 5) is 11.5. The van der Waals surface area contributed by atoms with Gasteiger partial charge in [-0.05, 0) is 39.0 Å². The Bertz CT molecular complexity index is 606. The van der Waals surface area contributed by atoms with Gasteiger partial charge in [-0.1, -0.05) is 0 Å². The highest BCUT2D eigenvalue weighted by Crippen LogP contribution is 2.24. The van der Waals surface area contributed by atoms with E-state index in [9.17, 15) is 13.2 Å². The number of nitrogen functional groups attached to an aromatic ring is 1. The number of urea groups is 1. The minimum Gasteiger partial charge on any atom is -0.495 e. The first-order valence-electron chi connectivity index (χ1n) is 5.83. The number of nitrogens with two attached hydrogens (primary N) is 1. The highest BCUT2D eigenvalue weighted by Gasteiger charge is 2.21. The molecular formula is C12H19N3O4S. The van der Waals surface area contributed by atoms with Gasteiger partial charge >= 0.3 is 6.03 Å². The molecule has 0 aliphatic rings. The minimum atomic E-state index is -3.98. The summed E-state index contributed by atoms with van der Waals surface area (Å²) in [7, 11) is -2.55. The second kappa shape index (κ2) is 5.58. The van der Waals surface area contributed by atoms with Crippen molar-refractivity contribution in [2.24, 2.45) is 0 Å². The van der Waals surface area contributed by atoms with Crippen molar-refractivity contribution in [2.45, 2.75) is 31.2 Å². The molecule has 8 heteroatoms. The van der Waals surface area contributed by atoms with Crippen LogP contribution in [0.25, 0.3) is 0 Å². The van der Waals surface area contributed by atoms with Crippen LogP contribution in [0.2, 0.25) is 0 Å². The van der Waals surface area contributed by atoms with Crippen LogP contribution < -0.4 is 20.5 Å². The predicted octanol–water partition coefficient (Wildman–Crippen LogP) is 1.06. The van der Waals surface area contributed by atoms with Crippen molar-refractivity contribution in [3.63, 3.8) is 0 Å². The summed E-state index contributed by atoms with van der Waals surface area (Å²) >= 11 is 0. The van der Waals surface area contributed by atoms with E-state index in [0.717, 1.165) is 0 Å². The molecule has 0 heterocycles. The van der Waals surface area contributed by atoms with Crippen molar-refractivity contribution < 1.29 is 17.9 Å². The molecule has 0 bridgehead atoms. The molecule has 112 valence electrons. The van der Waals surface area contributed by atoms with Crippen LogP contribution in [0.15, 0.2) is 23.1 Å². The standard InChI is InChI=1S/C12H19N3O4S/c1-12(2,3)14-11(16)15-20(17,18)8-5-6-10(19-4)9(13)7-8/h5-7H,13H2,1-4H3,(H2,14,15,16). The molecular weight excluding hydrogens is 282 g/mol. The molecule has 0 fully saturated rings. The smallest absolute Gasteiger partial charge is 0.329 e. The third kappa shape index (κ3) is 4.30. The number of hydrogen-bond acceptors (Lipinski definition) is 5. The van der Waals surface area contributed by atoms with E-state index < -0.39 is 21.6 Å². The Morgan fingerprint density at radius 1 is 1.30 bits per heavy atom. The van der Waals surface area contributed by atoms with Gasteiger partial charge in [-0.3, -0.25) is 0 Å². The van der Waals surface area contributed by atoms with Crippen LogP contribution in [0, 0.1) is 0 Å². The zero-order chi connectivity index (χ0) is 15.6. The second-order valence-electron chi connectivity index (χ2n) is 5.21. The number of amides is 2. The van der Waals surface area contributed by atoms with E-state index >= 15 is 0 Å². The average Bonchev–Trinajstić information content (AvgIpc) is 2.25. The number of carbonyl (C=O) groups is 1. The van der Waals surface area contributed by atoms with Crippen molar-refractivity contribution in [3.05, 3.63) is 18.2 Å². The second-order valence-corrected chi connectivity index (χ2v) is 6.90. The molecule has 20 heavy (non-hydrogen) atoms. The van der Waals surface area contributed by atoms with E-state index in [1.165, 1.54) is 25.3 Å². The number of anilines is 1. The highest BCUT2D eigenvalue weighted by atomic mass is 32.2. The lowest BCUT2D eigenvalue weighted by atomic mass is 10.1. The Morgan fingerprint density at radius 3 is 2.35 bits per heavy atom. The lowest BCUT2D eigenvalue weighted by Crippen LogP contribution is -2.48. The van der Waals surface area contributed by atoms with Gasteiger partial charge in [-0.25, -0.2) is 17.9 Å². The molecule has 0 unspecified atom stereocenters. The quantitative estimate of drug-likeness (QED) is 0.723. The zero-order valence-corrected chi connectivity index (χ0v) is 12.7. The Kier molecular flexibility index (Phi) is 4.49. The molecule has 0 aliphatic heterocycles. The van der Waals surface area contributed by atoms with E-state index in [0.29, 0.717) is 5.75 Å². The molecule has 0 spiro atoms. The van der Waals surface area contributed by atoms with Crippen molar-refractivity contribution >= 4 is 21.7 Å². The number of hydrogen-bond donors (Lipinski definition) is 3. The van der Waals surface area contributed by atoms with Gasteiger partial charge in [-0.15, -0.1) is 0 Å².